The molecule has 6 rings (SSSR count). The summed E-state index contributed by atoms with van der Waals surface area (Å²) < 4.78 is 6.23. The number of benzene rings is 1. The van der Waals surface area contributed by atoms with Gasteiger partial charge >= 0.3 is 5.97 Å². The average molecular weight is 465 g/mol. The molecule has 1 aromatic rings. The largest absolute Gasteiger partial charge is 0.426 e. The Morgan fingerprint density at radius 3 is 2.32 bits per heavy atom. The first-order chi connectivity index (χ1) is 16.4. The fourth-order valence-electron chi connectivity index (χ4n) is 9.53. The average Bonchev–Trinajstić information content (AvgIpc) is 3.61. The Hall–Kier alpha value is -1.35. The molecule has 186 valence electrons. The van der Waals surface area contributed by atoms with Gasteiger partial charge in [-0.3, -0.25) is 4.79 Å². The molecule has 0 aromatic heterocycles. The Morgan fingerprint density at radius 2 is 1.65 bits per heavy atom. The maximum atomic E-state index is 13.7. The van der Waals surface area contributed by atoms with E-state index in [0.29, 0.717) is 29.6 Å². The fraction of sp³-hybridized carbons (Fsp3) is 0.774. The lowest BCUT2D eigenvalue weighted by molar-refractivity contribution is -0.152. The van der Waals surface area contributed by atoms with Crippen LogP contribution in [-0.2, 0) is 11.2 Å². The van der Waals surface area contributed by atoms with E-state index in [1.54, 1.807) is 0 Å². The van der Waals surface area contributed by atoms with E-state index in [4.69, 9.17) is 4.74 Å². The van der Waals surface area contributed by atoms with Gasteiger partial charge < -0.3 is 9.84 Å². The van der Waals surface area contributed by atoms with E-state index >= 15 is 0 Å². The Kier molecular flexibility index (Phi) is 5.87. The van der Waals surface area contributed by atoms with Gasteiger partial charge in [-0.15, -0.1) is 0 Å². The third-order valence-corrected chi connectivity index (χ3v) is 11.7. The number of carbonyl (C=O) groups excluding carboxylic acids is 1. The molecule has 34 heavy (non-hydrogen) atoms. The van der Waals surface area contributed by atoms with Gasteiger partial charge in [-0.25, -0.2) is 0 Å². The van der Waals surface area contributed by atoms with Crippen LogP contribution < -0.4 is 4.74 Å². The fourth-order valence-corrected chi connectivity index (χ4v) is 9.53. The van der Waals surface area contributed by atoms with Gasteiger partial charge in [-0.2, -0.15) is 0 Å². The number of fused-ring (bicyclic) bond motifs is 5. The summed E-state index contributed by atoms with van der Waals surface area (Å²) in [6.45, 7) is 4.58. The van der Waals surface area contributed by atoms with E-state index in [2.05, 4.69) is 32.0 Å². The predicted molar refractivity (Wildman–Crippen MR) is 135 cm³/mol. The number of esters is 1. The van der Waals surface area contributed by atoms with Crippen molar-refractivity contribution in [1.29, 1.82) is 0 Å². The topological polar surface area (TPSA) is 46.5 Å². The van der Waals surface area contributed by atoms with E-state index in [1.807, 2.05) is 0 Å². The molecule has 1 N–H and O–H groups in total. The van der Waals surface area contributed by atoms with Crippen molar-refractivity contribution in [2.24, 2.45) is 34.5 Å². The summed E-state index contributed by atoms with van der Waals surface area (Å²) in [5, 5.41) is 10.7. The lowest BCUT2D eigenvalue weighted by Crippen LogP contribution is -2.44. The van der Waals surface area contributed by atoms with Gasteiger partial charge in [0.25, 0.3) is 0 Å². The molecule has 0 heterocycles. The van der Waals surface area contributed by atoms with Crippen molar-refractivity contribution >= 4 is 5.97 Å². The monoisotopic (exact) mass is 464 g/mol. The Morgan fingerprint density at radius 1 is 0.971 bits per heavy atom. The van der Waals surface area contributed by atoms with Crippen LogP contribution in [0.2, 0.25) is 0 Å². The molecular formula is C31H44O3. The minimum atomic E-state index is -0.328. The van der Waals surface area contributed by atoms with Crippen molar-refractivity contribution in [3.8, 4) is 5.75 Å². The maximum Gasteiger partial charge on any atom is 0.317 e. The molecule has 4 fully saturated rings. The molecule has 3 heteroatoms. The van der Waals surface area contributed by atoms with Crippen LogP contribution in [0.5, 0.6) is 5.75 Å². The first kappa shape index (κ1) is 23.1. The second kappa shape index (κ2) is 8.64. The molecule has 0 bridgehead atoms. The van der Waals surface area contributed by atoms with Gasteiger partial charge in [0.05, 0.1) is 11.5 Å². The van der Waals surface area contributed by atoms with Crippen LogP contribution in [-0.4, -0.2) is 17.2 Å². The van der Waals surface area contributed by atoms with Crippen molar-refractivity contribution in [3.63, 3.8) is 0 Å². The second-order valence-corrected chi connectivity index (χ2v) is 13.0. The SMILES string of the molecule is CC(C(=O)Oc1ccc2c(c1)CC[C@@H]1[C@@H]2CC[C@]2(C)[C@@H](O)CC[C@@H]12)(C1CCCC1)C1CCCC1. The molecule has 0 spiro atoms. The van der Waals surface area contributed by atoms with Crippen LogP contribution >= 0.6 is 0 Å². The Balaban J connectivity index is 1.22. The quantitative estimate of drug-likeness (QED) is 0.379. The van der Waals surface area contributed by atoms with E-state index in [-0.39, 0.29) is 22.9 Å². The van der Waals surface area contributed by atoms with Crippen LogP contribution in [0.4, 0.5) is 0 Å². The highest BCUT2D eigenvalue weighted by Gasteiger charge is 2.54. The van der Waals surface area contributed by atoms with Crippen LogP contribution in [0.3, 0.4) is 0 Å². The van der Waals surface area contributed by atoms with Gasteiger partial charge in [0.1, 0.15) is 5.75 Å². The first-order valence-corrected chi connectivity index (χ1v) is 14.4. The molecule has 0 radical (unpaired) electrons. The first-order valence-electron chi connectivity index (χ1n) is 14.4. The number of aliphatic hydroxyl groups excluding tert-OH is 1. The smallest absolute Gasteiger partial charge is 0.317 e. The molecule has 5 aliphatic rings. The molecule has 1 aromatic carbocycles. The summed E-state index contributed by atoms with van der Waals surface area (Å²) in [6.07, 6.45) is 16.4. The van der Waals surface area contributed by atoms with Crippen molar-refractivity contribution in [2.45, 2.75) is 116 Å². The zero-order chi connectivity index (χ0) is 23.5. The molecule has 5 aliphatic carbocycles. The van der Waals surface area contributed by atoms with Crippen molar-refractivity contribution in [1.82, 2.24) is 0 Å². The molecule has 0 unspecified atom stereocenters. The van der Waals surface area contributed by atoms with E-state index in [1.165, 1.54) is 81.8 Å². The van der Waals surface area contributed by atoms with Crippen LogP contribution in [0.1, 0.15) is 114 Å². The van der Waals surface area contributed by atoms with Crippen LogP contribution in [0, 0.1) is 34.5 Å². The number of hydrogen-bond acceptors (Lipinski definition) is 3. The molecule has 5 atom stereocenters. The van der Waals surface area contributed by atoms with Gasteiger partial charge in [0.15, 0.2) is 0 Å². The summed E-state index contributed by atoms with van der Waals surface area (Å²) in [6, 6.07) is 6.57. The highest BCUT2D eigenvalue weighted by atomic mass is 16.5. The number of ether oxygens (including phenoxy) is 1. The molecule has 0 saturated heterocycles. The van der Waals surface area contributed by atoms with Gasteiger partial charge in [-0.05, 0) is 129 Å². The number of rotatable bonds is 4. The van der Waals surface area contributed by atoms with Gasteiger partial charge in [0.2, 0.25) is 0 Å². The highest BCUT2D eigenvalue weighted by molar-refractivity contribution is 5.80. The standard InChI is InChI=1S/C31H44O3/c1-30-18-17-25-24-14-12-23(19-20(24)11-13-26(25)27(30)15-16-28(30)32)34-29(33)31(2,21-7-3-4-8-21)22-9-5-6-10-22/h12,14,19,21-22,25-28,32H,3-11,13,15-18H2,1-2H3/t25-,26-,27+,28+,30+/m1/s1. The molecule has 0 aliphatic heterocycles. The normalized spacial score (nSPS) is 36.2. The van der Waals surface area contributed by atoms with E-state index in [9.17, 15) is 9.90 Å². The van der Waals surface area contributed by atoms with Gasteiger partial charge in [0, 0.05) is 0 Å². The summed E-state index contributed by atoms with van der Waals surface area (Å²) in [7, 11) is 0. The third-order valence-electron chi connectivity index (χ3n) is 11.7. The summed E-state index contributed by atoms with van der Waals surface area (Å²) >= 11 is 0. The maximum absolute atomic E-state index is 13.7. The Bertz CT molecular complexity index is 909. The predicted octanol–water partition coefficient (Wildman–Crippen LogP) is 7.20. The lowest BCUT2D eigenvalue weighted by Gasteiger charge is -2.50. The minimum Gasteiger partial charge on any atom is -0.426 e. The zero-order valence-corrected chi connectivity index (χ0v) is 21.4. The van der Waals surface area contributed by atoms with Gasteiger partial charge in [-0.1, -0.05) is 38.7 Å². The molecular weight excluding hydrogens is 420 g/mol. The summed E-state index contributed by atoms with van der Waals surface area (Å²) in [5.41, 5.74) is 2.69. The van der Waals surface area contributed by atoms with Crippen LogP contribution in [0.15, 0.2) is 18.2 Å². The van der Waals surface area contributed by atoms with E-state index in [0.717, 1.165) is 25.0 Å². The number of hydrogen-bond donors (Lipinski definition) is 1. The molecule has 4 saturated carbocycles. The Labute approximate surface area is 206 Å². The highest BCUT2D eigenvalue weighted by Crippen LogP contribution is 2.61. The van der Waals surface area contributed by atoms with Crippen LogP contribution in [0.25, 0.3) is 0 Å². The zero-order valence-electron chi connectivity index (χ0n) is 21.4. The minimum absolute atomic E-state index is 0.0355. The number of carbonyl (C=O) groups is 1. The van der Waals surface area contributed by atoms with Crippen molar-refractivity contribution in [2.75, 3.05) is 0 Å². The van der Waals surface area contributed by atoms with E-state index < -0.39 is 0 Å². The summed E-state index contributed by atoms with van der Waals surface area (Å²) in [5.74, 6) is 3.74. The summed E-state index contributed by atoms with van der Waals surface area (Å²) in [4.78, 5) is 13.7. The van der Waals surface area contributed by atoms with Crippen molar-refractivity contribution < 1.29 is 14.6 Å². The number of aryl methyl sites for hydroxylation is 1. The van der Waals surface area contributed by atoms with Crippen molar-refractivity contribution in [3.05, 3.63) is 29.3 Å². The number of aliphatic hydroxyl groups is 1. The second-order valence-electron chi connectivity index (χ2n) is 13.0. The molecule has 0 amide bonds. The molecule has 3 nitrogen and oxygen atoms in total. The lowest BCUT2D eigenvalue weighted by atomic mass is 9.55. The third kappa shape index (κ3) is 3.51.